The Bertz CT molecular complexity index is 292. The van der Waals surface area contributed by atoms with Crippen molar-refractivity contribution < 1.29 is 4.79 Å². The van der Waals surface area contributed by atoms with Crippen molar-refractivity contribution in [2.45, 2.75) is 6.92 Å². The zero-order chi connectivity index (χ0) is 9.14. The first-order chi connectivity index (χ1) is 5.66. The third kappa shape index (κ3) is 1.31. The van der Waals surface area contributed by atoms with Crippen molar-refractivity contribution in [2.24, 2.45) is 5.73 Å². The van der Waals surface area contributed by atoms with Gasteiger partial charge in [-0.25, -0.2) is 0 Å². The molecule has 0 fully saturated rings. The second kappa shape index (κ2) is 3.12. The van der Waals surface area contributed by atoms with E-state index in [9.17, 15) is 4.79 Å². The first-order valence-corrected chi connectivity index (χ1v) is 3.54. The van der Waals surface area contributed by atoms with Crippen LogP contribution in [0.15, 0.2) is 0 Å². The number of anilines is 2. The van der Waals surface area contributed by atoms with Gasteiger partial charge in [0.25, 0.3) is 5.91 Å². The van der Waals surface area contributed by atoms with Gasteiger partial charge < -0.3 is 16.8 Å². The highest BCUT2D eigenvalue weighted by Crippen LogP contribution is 2.16. The second-order valence-corrected chi connectivity index (χ2v) is 2.26. The number of nitrogens with one attached hydrogen (secondary N) is 2. The number of aromatic amines is 1. The third-order valence-corrected chi connectivity index (χ3v) is 1.38. The molecule has 6 heteroatoms. The molecule has 0 aliphatic carbocycles. The minimum Gasteiger partial charge on any atom is -0.383 e. The molecule has 0 saturated carbocycles. The average Bonchev–Trinajstić information content (AvgIpc) is 2.32. The summed E-state index contributed by atoms with van der Waals surface area (Å²) in [6.07, 6.45) is 0. The number of primary amides is 1. The Morgan fingerprint density at radius 2 is 2.42 bits per heavy atom. The molecule has 66 valence electrons. The van der Waals surface area contributed by atoms with Crippen LogP contribution < -0.4 is 16.8 Å². The van der Waals surface area contributed by atoms with Gasteiger partial charge in [-0.05, 0) is 6.92 Å². The second-order valence-electron chi connectivity index (χ2n) is 2.26. The number of hydrogen-bond donors (Lipinski definition) is 4. The molecule has 1 aromatic rings. The molecule has 0 bridgehead atoms. The van der Waals surface area contributed by atoms with Crippen molar-refractivity contribution in [3.8, 4) is 0 Å². The smallest absolute Gasteiger partial charge is 0.256 e. The van der Waals surface area contributed by atoms with Crippen LogP contribution in [0.25, 0.3) is 0 Å². The molecule has 1 aromatic heterocycles. The predicted molar refractivity (Wildman–Crippen MR) is 45.7 cm³/mol. The Balaban J connectivity index is 3.04. The van der Waals surface area contributed by atoms with E-state index in [1.807, 2.05) is 6.92 Å². The highest BCUT2D eigenvalue weighted by molar-refractivity contribution is 6.01. The van der Waals surface area contributed by atoms with Gasteiger partial charge in [0, 0.05) is 6.54 Å². The van der Waals surface area contributed by atoms with Gasteiger partial charge in [0.15, 0.2) is 5.82 Å². The van der Waals surface area contributed by atoms with Crippen LogP contribution in [0.1, 0.15) is 17.3 Å². The largest absolute Gasteiger partial charge is 0.383 e. The number of rotatable bonds is 3. The van der Waals surface area contributed by atoms with Gasteiger partial charge in [-0.1, -0.05) is 0 Å². The molecule has 1 heterocycles. The Morgan fingerprint density at radius 3 is 2.92 bits per heavy atom. The molecule has 1 amide bonds. The van der Waals surface area contributed by atoms with Gasteiger partial charge in [0.05, 0.1) is 0 Å². The minimum absolute atomic E-state index is 0.193. The van der Waals surface area contributed by atoms with Crippen LogP contribution in [0.3, 0.4) is 0 Å². The van der Waals surface area contributed by atoms with Crippen molar-refractivity contribution in [3.63, 3.8) is 0 Å². The molecule has 1 rings (SSSR count). The highest BCUT2D eigenvalue weighted by atomic mass is 16.1. The SMILES string of the molecule is CCNc1n[nH]c(N)c1C(N)=O. The Labute approximate surface area is 69.3 Å². The zero-order valence-electron chi connectivity index (χ0n) is 6.72. The van der Waals surface area contributed by atoms with Crippen molar-refractivity contribution in [2.75, 3.05) is 17.6 Å². The molecule has 0 saturated heterocycles. The van der Waals surface area contributed by atoms with E-state index in [4.69, 9.17) is 11.5 Å². The summed E-state index contributed by atoms with van der Waals surface area (Å²) in [6, 6.07) is 0. The molecule has 6 nitrogen and oxygen atoms in total. The molecule has 0 spiro atoms. The van der Waals surface area contributed by atoms with Crippen molar-refractivity contribution >= 4 is 17.5 Å². The Kier molecular flexibility index (Phi) is 2.18. The highest BCUT2D eigenvalue weighted by Gasteiger charge is 2.14. The molecule has 12 heavy (non-hydrogen) atoms. The maximum absolute atomic E-state index is 10.8. The number of nitrogens with two attached hydrogens (primary N) is 2. The first kappa shape index (κ1) is 8.38. The number of nitrogens with zero attached hydrogens (tertiary/aromatic N) is 1. The first-order valence-electron chi connectivity index (χ1n) is 3.54. The van der Waals surface area contributed by atoms with E-state index in [1.54, 1.807) is 0 Å². The van der Waals surface area contributed by atoms with E-state index >= 15 is 0 Å². The van der Waals surface area contributed by atoms with E-state index in [0.29, 0.717) is 12.4 Å². The maximum Gasteiger partial charge on any atom is 0.256 e. The summed E-state index contributed by atoms with van der Waals surface area (Å²) in [5.74, 6) is 0.0122. The van der Waals surface area contributed by atoms with E-state index in [1.165, 1.54) is 0 Å². The fourth-order valence-electron chi connectivity index (χ4n) is 0.900. The summed E-state index contributed by atoms with van der Waals surface area (Å²) in [4.78, 5) is 10.8. The monoisotopic (exact) mass is 169 g/mol. The van der Waals surface area contributed by atoms with Gasteiger partial charge in [0.2, 0.25) is 0 Å². The third-order valence-electron chi connectivity index (χ3n) is 1.38. The molecule has 0 atom stereocenters. The lowest BCUT2D eigenvalue weighted by Gasteiger charge is -1.99. The number of hydrogen-bond acceptors (Lipinski definition) is 4. The van der Waals surface area contributed by atoms with E-state index in [2.05, 4.69) is 15.5 Å². The normalized spacial score (nSPS) is 9.75. The Hall–Kier alpha value is -1.72. The number of amides is 1. The van der Waals surface area contributed by atoms with Gasteiger partial charge >= 0.3 is 0 Å². The average molecular weight is 169 g/mol. The standard InChI is InChI=1S/C6H11N5O/c1-2-9-6-3(5(8)12)4(7)10-11-6/h2H2,1H3,(H2,8,12)(H4,7,9,10,11). The molecule has 0 aliphatic heterocycles. The lowest BCUT2D eigenvalue weighted by molar-refractivity contribution is 0.100. The fraction of sp³-hybridized carbons (Fsp3) is 0.333. The van der Waals surface area contributed by atoms with Gasteiger partial charge in [-0.15, -0.1) is 0 Å². The van der Waals surface area contributed by atoms with Crippen molar-refractivity contribution in [1.29, 1.82) is 0 Å². The van der Waals surface area contributed by atoms with E-state index in [0.717, 1.165) is 0 Å². The summed E-state index contributed by atoms with van der Waals surface area (Å²) in [6.45, 7) is 2.54. The van der Waals surface area contributed by atoms with Crippen LogP contribution >= 0.6 is 0 Å². The number of carbonyl (C=O) groups excluding carboxylic acids is 1. The van der Waals surface area contributed by atoms with E-state index < -0.39 is 5.91 Å². The predicted octanol–water partition coefficient (Wildman–Crippen LogP) is -0.477. The maximum atomic E-state index is 10.8. The number of aromatic nitrogens is 2. The minimum atomic E-state index is -0.586. The lowest BCUT2D eigenvalue weighted by atomic mass is 10.3. The molecule has 0 radical (unpaired) electrons. The molecule has 0 unspecified atom stereocenters. The number of H-pyrrole nitrogens is 1. The fourth-order valence-corrected chi connectivity index (χ4v) is 0.900. The summed E-state index contributed by atoms with van der Waals surface area (Å²) >= 11 is 0. The molecule has 0 aliphatic rings. The number of carbonyl (C=O) groups is 1. The summed E-state index contributed by atoms with van der Waals surface area (Å²) in [5, 5.41) is 9.09. The number of nitrogen functional groups attached to an aromatic ring is 1. The molecular weight excluding hydrogens is 158 g/mol. The van der Waals surface area contributed by atoms with Crippen LogP contribution in [0.5, 0.6) is 0 Å². The van der Waals surface area contributed by atoms with Crippen LogP contribution in [-0.2, 0) is 0 Å². The van der Waals surface area contributed by atoms with Crippen molar-refractivity contribution in [1.82, 2.24) is 10.2 Å². The van der Waals surface area contributed by atoms with Crippen LogP contribution in [0, 0.1) is 0 Å². The topological polar surface area (TPSA) is 110 Å². The summed E-state index contributed by atoms with van der Waals surface area (Å²) in [7, 11) is 0. The Morgan fingerprint density at radius 1 is 1.75 bits per heavy atom. The molecule has 6 N–H and O–H groups in total. The van der Waals surface area contributed by atoms with Crippen LogP contribution in [0.4, 0.5) is 11.6 Å². The zero-order valence-corrected chi connectivity index (χ0v) is 6.72. The van der Waals surface area contributed by atoms with Crippen LogP contribution in [-0.4, -0.2) is 22.6 Å². The summed E-state index contributed by atoms with van der Waals surface area (Å²) in [5.41, 5.74) is 10.7. The molecule has 0 aromatic carbocycles. The van der Waals surface area contributed by atoms with Crippen LogP contribution in [0.2, 0.25) is 0 Å². The quantitative estimate of drug-likeness (QED) is 0.490. The molecular formula is C6H11N5O. The lowest BCUT2D eigenvalue weighted by Crippen LogP contribution is -2.14. The van der Waals surface area contributed by atoms with E-state index in [-0.39, 0.29) is 11.4 Å². The summed E-state index contributed by atoms with van der Waals surface area (Å²) < 4.78 is 0. The van der Waals surface area contributed by atoms with Gasteiger partial charge in [0.1, 0.15) is 11.4 Å². The van der Waals surface area contributed by atoms with Gasteiger partial charge in [-0.3, -0.25) is 9.89 Å². The van der Waals surface area contributed by atoms with Crippen molar-refractivity contribution in [3.05, 3.63) is 5.56 Å². The van der Waals surface area contributed by atoms with Gasteiger partial charge in [-0.2, -0.15) is 5.10 Å².